The summed E-state index contributed by atoms with van der Waals surface area (Å²) in [7, 11) is 1.97. The molecule has 2 aromatic carbocycles. The van der Waals surface area contributed by atoms with Crippen LogP contribution in [0.2, 0.25) is 0 Å². The molecular weight excluding hydrogens is 508 g/mol. The smallest absolute Gasteiger partial charge is 0.243 e. The number of methoxy groups -OCH3 is 1. The molecule has 200 valence electrons. The molecular formula is C27H36N4O4S2. The fourth-order valence-electron chi connectivity index (χ4n) is 4.64. The summed E-state index contributed by atoms with van der Waals surface area (Å²) in [5.41, 5.74) is 3.27. The molecule has 1 amide bonds. The van der Waals surface area contributed by atoms with Crippen LogP contribution in [0.4, 0.5) is 5.13 Å². The van der Waals surface area contributed by atoms with Crippen molar-refractivity contribution in [2.75, 3.05) is 52.3 Å². The van der Waals surface area contributed by atoms with Gasteiger partial charge in [0, 0.05) is 25.6 Å². The molecule has 1 aliphatic heterocycles. The van der Waals surface area contributed by atoms with Crippen LogP contribution < -0.4 is 9.64 Å². The Morgan fingerprint density at radius 3 is 2.38 bits per heavy atom. The maximum atomic E-state index is 13.8. The van der Waals surface area contributed by atoms with Crippen LogP contribution in [0.1, 0.15) is 30.4 Å². The van der Waals surface area contributed by atoms with Crippen molar-refractivity contribution < 1.29 is 17.9 Å². The Bertz CT molecular complexity index is 1340. The van der Waals surface area contributed by atoms with Gasteiger partial charge in [0.05, 0.1) is 22.2 Å². The number of hydrogen-bond donors (Lipinski definition) is 0. The number of carbonyl (C=O) groups excluding carboxylic acids is 1. The van der Waals surface area contributed by atoms with Gasteiger partial charge in [-0.1, -0.05) is 17.4 Å². The first-order valence-electron chi connectivity index (χ1n) is 12.6. The number of piperidine rings is 1. The average molecular weight is 545 g/mol. The van der Waals surface area contributed by atoms with Crippen molar-refractivity contribution in [3.63, 3.8) is 0 Å². The minimum Gasteiger partial charge on any atom is -0.497 e. The fourth-order valence-corrected chi connectivity index (χ4v) is 7.16. The van der Waals surface area contributed by atoms with E-state index in [0.29, 0.717) is 38.2 Å². The summed E-state index contributed by atoms with van der Waals surface area (Å²) in [5, 5.41) is 0.723. The molecule has 8 nitrogen and oxygen atoms in total. The van der Waals surface area contributed by atoms with Gasteiger partial charge in [0.1, 0.15) is 5.75 Å². The highest BCUT2D eigenvalue weighted by Gasteiger charge is 2.35. The Labute approximate surface area is 223 Å². The second-order valence-corrected chi connectivity index (χ2v) is 12.8. The Morgan fingerprint density at radius 2 is 1.76 bits per heavy atom. The number of anilines is 1. The third-order valence-corrected chi connectivity index (χ3v) is 10.0. The van der Waals surface area contributed by atoms with Crippen molar-refractivity contribution >= 4 is 42.6 Å². The van der Waals surface area contributed by atoms with E-state index in [2.05, 4.69) is 30.9 Å². The van der Waals surface area contributed by atoms with E-state index < -0.39 is 10.0 Å². The molecule has 1 fully saturated rings. The number of hydrogen-bond acceptors (Lipinski definition) is 7. The van der Waals surface area contributed by atoms with Crippen LogP contribution in [-0.2, 0) is 14.8 Å². The topological polar surface area (TPSA) is 83.0 Å². The van der Waals surface area contributed by atoms with E-state index in [4.69, 9.17) is 9.72 Å². The largest absolute Gasteiger partial charge is 0.497 e. The van der Waals surface area contributed by atoms with Gasteiger partial charge in [0.2, 0.25) is 15.9 Å². The first kappa shape index (κ1) is 27.5. The zero-order valence-corrected chi connectivity index (χ0v) is 23.9. The van der Waals surface area contributed by atoms with Crippen LogP contribution in [-0.4, -0.2) is 75.9 Å². The van der Waals surface area contributed by atoms with Crippen LogP contribution in [0, 0.1) is 19.8 Å². The highest BCUT2D eigenvalue weighted by Crippen LogP contribution is 2.34. The summed E-state index contributed by atoms with van der Waals surface area (Å²) in [6, 6.07) is 10.6. The zero-order valence-electron chi connectivity index (χ0n) is 22.2. The van der Waals surface area contributed by atoms with Gasteiger partial charge in [0.25, 0.3) is 0 Å². The summed E-state index contributed by atoms with van der Waals surface area (Å²) in [6.07, 6.45) is 1.81. The third-order valence-electron chi connectivity index (χ3n) is 7.06. The van der Waals surface area contributed by atoms with Gasteiger partial charge in [-0.15, -0.1) is 0 Å². The van der Waals surface area contributed by atoms with E-state index >= 15 is 0 Å². The number of carbonyl (C=O) groups is 1. The first-order chi connectivity index (χ1) is 17.6. The number of amides is 1. The van der Waals surface area contributed by atoms with Crippen LogP contribution >= 0.6 is 11.3 Å². The van der Waals surface area contributed by atoms with E-state index in [1.54, 1.807) is 42.7 Å². The molecule has 37 heavy (non-hydrogen) atoms. The first-order valence-corrected chi connectivity index (χ1v) is 14.8. The molecule has 1 saturated heterocycles. The maximum Gasteiger partial charge on any atom is 0.243 e. The monoisotopic (exact) mass is 544 g/mol. The van der Waals surface area contributed by atoms with Crippen LogP contribution in [0.25, 0.3) is 10.2 Å². The summed E-state index contributed by atoms with van der Waals surface area (Å²) >= 11 is 1.55. The van der Waals surface area contributed by atoms with Crippen molar-refractivity contribution in [2.45, 2.75) is 38.0 Å². The molecule has 1 aliphatic rings. The summed E-state index contributed by atoms with van der Waals surface area (Å²) in [6.45, 7) is 6.22. The fraction of sp³-hybridized carbons (Fsp3) is 0.481. The van der Waals surface area contributed by atoms with E-state index in [9.17, 15) is 13.2 Å². The van der Waals surface area contributed by atoms with E-state index in [1.807, 2.05) is 19.0 Å². The minimum atomic E-state index is -3.62. The molecule has 0 radical (unpaired) electrons. The lowest BCUT2D eigenvalue weighted by atomic mass is 9.96. The van der Waals surface area contributed by atoms with E-state index in [-0.39, 0.29) is 16.7 Å². The van der Waals surface area contributed by atoms with Crippen molar-refractivity contribution in [1.82, 2.24) is 14.2 Å². The Balaban J connectivity index is 1.51. The van der Waals surface area contributed by atoms with Crippen LogP contribution in [0.15, 0.2) is 41.3 Å². The van der Waals surface area contributed by atoms with Crippen molar-refractivity contribution in [2.24, 2.45) is 5.92 Å². The second kappa shape index (κ2) is 11.5. The number of benzene rings is 2. The van der Waals surface area contributed by atoms with Gasteiger partial charge in [0.15, 0.2) is 5.13 Å². The summed E-state index contributed by atoms with van der Waals surface area (Å²) in [4.78, 5) is 22.9. The number of sulfonamides is 1. The average Bonchev–Trinajstić information content (AvgIpc) is 3.33. The lowest BCUT2D eigenvalue weighted by molar-refractivity contribution is -0.123. The van der Waals surface area contributed by atoms with Crippen LogP contribution in [0.3, 0.4) is 0 Å². The predicted octanol–water partition coefficient (Wildman–Crippen LogP) is 4.31. The lowest BCUT2D eigenvalue weighted by Gasteiger charge is -2.33. The molecule has 0 bridgehead atoms. The van der Waals surface area contributed by atoms with Gasteiger partial charge in [-0.2, -0.15) is 4.31 Å². The third kappa shape index (κ3) is 5.98. The Hall–Kier alpha value is -2.53. The van der Waals surface area contributed by atoms with Gasteiger partial charge < -0.3 is 9.64 Å². The number of aromatic nitrogens is 1. The molecule has 0 N–H and O–H groups in total. The lowest BCUT2D eigenvalue weighted by Crippen LogP contribution is -2.45. The number of rotatable bonds is 9. The Kier molecular flexibility index (Phi) is 8.52. The number of fused-ring (bicyclic) bond motifs is 1. The molecule has 3 aromatic rings. The predicted molar refractivity (Wildman–Crippen MR) is 149 cm³/mol. The molecule has 10 heteroatoms. The molecule has 0 unspecified atom stereocenters. The summed E-state index contributed by atoms with van der Waals surface area (Å²) < 4.78 is 34.0. The SMILES string of the molecule is COc1ccc(S(=O)(=O)N2CCC(C(=O)N(CCCN(C)C)c3nc4c(C)c(C)ccc4s3)CC2)cc1. The minimum absolute atomic E-state index is 0.0358. The molecule has 0 spiro atoms. The zero-order chi connectivity index (χ0) is 26.7. The number of ether oxygens (including phenoxy) is 1. The molecule has 0 atom stereocenters. The van der Waals surface area contributed by atoms with E-state index in [0.717, 1.165) is 33.9 Å². The molecule has 2 heterocycles. The van der Waals surface area contributed by atoms with Crippen molar-refractivity contribution in [3.05, 3.63) is 47.5 Å². The standard InChI is InChI=1S/C27H36N4O4S2/c1-19-7-12-24-25(20(19)2)28-27(36-24)31(16-6-15-29(3)4)26(32)21-13-17-30(18-14-21)37(33,34)23-10-8-22(35-5)9-11-23/h7-12,21H,6,13-18H2,1-5H3. The Morgan fingerprint density at radius 1 is 1.08 bits per heavy atom. The van der Waals surface area contributed by atoms with Gasteiger partial charge in [-0.25, -0.2) is 13.4 Å². The number of nitrogens with zero attached hydrogens (tertiary/aromatic N) is 4. The highest BCUT2D eigenvalue weighted by atomic mass is 32.2. The molecule has 0 aliphatic carbocycles. The van der Waals surface area contributed by atoms with Gasteiger partial charge >= 0.3 is 0 Å². The highest BCUT2D eigenvalue weighted by molar-refractivity contribution is 7.89. The molecule has 0 saturated carbocycles. The number of thiazole rings is 1. The normalized spacial score (nSPS) is 15.4. The quantitative estimate of drug-likeness (QED) is 0.399. The van der Waals surface area contributed by atoms with Gasteiger partial charge in [-0.3, -0.25) is 9.69 Å². The van der Waals surface area contributed by atoms with E-state index in [1.165, 1.54) is 9.87 Å². The van der Waals surface area contributed by atoms with Crippen molar-refractivity contribution in [3.8, 4) is 5.75 Å². The second-order valence-electron chi connectivity index (χ2n) is 9.85. The number of aryl methyl sites for hydroxylation is 2. The van der Waals surface area contributed by atoms with Gasteiger partial charge in [-0.05, 0) is 95.2 Å². The maximum absolute atomic E-state index is 13.8. The summed E-state index contributed by atoms with van der Waals surface area (Å²) in [5.74, 6) is 0.406. The molecule has 1 aromatic heterocycles. The van der Waals surface area contributed by atoms with Crippen molar-refractivity contribution in [1.29, 1.82) is 0 Å². The van der Waals surface area contributed by atoms with Crippen LogP contribution in [0.5, 0.6) is 5.75 Å². The molecule has 4 rings (SSSR count).